The molecule has 0 aliphatic rings. The van der Waals surface area contributed by atoms with Crippen LogP contribution in [0.4, 0.5) is 0 Å². The monoisotopic (exact) mass is 588 g/mol. The Hall–Kier alpha value is -1.02. The van der Waals surface area contributed by atoms with E-state index >= 15 is 0 Å². The van der Waals surface area contributed by atoms with E-state index in [9.17, 15) is 19.4 Å². The Balaban J connectivity index is 4.63. The summed E-state index contributed by atoms with van der Waals surface area (Å²) in [5, 5.41) is 13.5. The Morgan fingerprint density at radius 2 is 1.40 bits per heavy atom. The van der Waals surface area contributed by atoms with Crippen molar-refractivity contribution in [2.24, 2.45) is 0 Å². The second kappa shape index (κ2) is 24.6. The van der Waals surface area contributed by atoms with Gasteiger partial charge >= 0.3 is 0 Å². The molecule has 0 rings (SSSR count). The Labute approximate surface area is 245 Å². The summed E-state index contributed by atoms with van der Waals surface area (Å²) in [5.74, 6) is -0.217. The molecular formula is C31H61N2O6P. The molecular weight excluding hydrogens is 527 g/mol. The number of aliphatic hydroxyl groups excluding tert-OH is 1. The van der Waals surface area contributed by atoms with Crippen LogP contribution < -0.4 is 10.2 Å². The van der Waals surface area contributed by atoms with Crippen molar-refractivity contribution in [2.45, 2.75) is 129 Å². The number of hydrogen-bond donors (Lipinski definition) is 2. The van der Waals surface area contributed by atoms with Crippen molar-refractivity contribution in [3.8, 4) is 0 Å². The number of nitrogens with one attached hydrogen (secondary N) is 1. The van der Waals surface area contributed by atoms with E-state index in [-0.39, 0.29) is 12.5 Å². The first-order chi connectivity index (χ1) is 19.0. The van der Waals surface area contributed by atoms with Crippen LogP contribution in [0.5, 0.6) is 0 Å². The van der Waals surface area contributed by atoms with Crippen LogP contribution in [0.2, 0.25) is 0 Å². The van der Waals surface area contributed by atoms with Gasteiger partial charge < -0.3 is 28.8 Å². The molecule has 3 unspecified atom stereocenters. The van der Waals surface area contributed by atoms with Gasteiger partial charge in [-0.2, -0.15) is 0 Å². The quantitative estimate of drug-likeness (QED) is 0.0495. The molecule has 9 heteroatoms. The molecule has 1 amide bonds. The molecule has 8 nitrogen and oxygen atoms in total. The molecule has 0 fully saturated rings. The summed E-state index contributed by atoms with van der Waals surface area (Å²) in [5.41, 5.74) is 0. The molecule has 0 bridgehead atoms. The molecule has 0 radical (unpaired) electrons. The van der Waals surface area contributed by atoms with E-state index in [2.05, 4.69) is 31.3 Å². The van der Waals surface area contributed by atoms with Crippen LogP contribution in [0.1, 0.15) is 117 Å². The zero-order valence-electron chi connectivity index (χ0n) is 26.3. The smallest absolute Gasteiger partial charge is 0.268 e. The number of rotatable bonds is 27. The lowest BCUT2D eigenvalue weighted by atomic mass is 10.0. The van der Waals surface area contributed by atoms with Crippen molar-refractivity contribution in [1.29, 1.82) is 0 Å². The number of carbonyl (C=O) groups excluding carboxylic acids is 1. The molecule has 40 heavy (non-hydrogen) atoms. The van der Waals surface area contributed by atoms with Crippen LogP contribution in [-0.4, -0.2) is 68.5 Å². The summed E-state index contributed by atoms with van der Waals surface area (Å²) in [6.07, 6.45) is 23.9. The molecule has 0 heterocycles. The molecule has 0 aliphatic heterocycles. The van der Waals surface area contributed by atoms with E-state index in [0.29, 0.717) is 17.4 Å². The largest absolute Gasteiger partial charge is 0.756 e. The summed E-state index contributed by atoms with van der Waals surface area (Å²) in [4.78, 5) is 24.9. The maximum atomic E-state index is 12.6. The molecule has 0 saturated heterocycles. The number of unbranched alkanes of at least 4 members (excludes halogenated alkanes) is 12. The van der Waals surface area contributed by atoms with Gasteiger partial charge in [-0.3, -0.25) is 9.36 Å². The van der Waals surface area contributed by atoms with E-state index in [1.807, 2.05) is 27.2 Å². The van der Waals surface area contributed by atoms with Crippen molar-refractivity contribution < 1.29 is 32.9 Å². The number of aliphatic hydroxyl groups is 1. The van der Waals surface area contributed by atoms with Crippen LogP contribution in [0.15, 0.2) is 24.3 Å². The predicted molar refractivity (Wildman–Crippen MR) is 164 cm³/mol. The van der Waals surface area contributed by atoms with Gasteiger partial charge in [0.2, 0.25) is 5.91 Å². The number of amides is 1. The van der Waals surface area contributed by atoms with Gasteiger partial charge in [0, 0.05) is 6.42 Å². The fourth-order valence-electron chi connectivity index (χ4n) is 4.05. The highest BCUT2D eigenvalue weighted by molar-refractivity contribution is 7.45. The first-order valence-electron chi connectivity index (χ1n) is 15.7. The molecule has 3 atom stereocenters. The average Bonchev–Trinajstić information content (AvgIpc) is 2.88. The van der Waals surface area contributed by atoms with Crippen LogP contribution in [0, 0.1) is 0 Å². The van der Waals surface area contributed by atoms with Gasteiger partial charge in [0.05, 0.1) is 39.9 Å². The second-order valence-corrected chi connectivity index (χ2v) is 13.2. The van der Waals surface area contributed by atoms with Gasteiger partial charge in [-0.15, -0.1) is 0 Å². The number of allylic oxidation sites excluding steroid dienone is 3. The van der Waals surface area contributed by atoms with E-state index in [4.69, 9.17) is 9.05 Å². The fraction of sp³-hybridized carbons (Fsp3) is 0.839. The molecule has 0 aromatic rings. The Kier molecular flexibility index (Phi) is 23.9. The lowest BCUT2D eigenvalue weighted by Gasteiger charge is -2.29. The molecule has 0 aliphatic carbocycles. The number of likely N-dealkylation sites (N-methyl/N-ethyl adjacent to an activating group) is 1. The predicted octanol–water partition coefficient (Wildman–Crippen LogP) is 6.43. The van der Waals surface area contributed by atoms with Gasteiger partial charge in [-0.1, -0.05) is 109 Å². The minimum Gasteiger partial charge on any atom is -0.756 e. The van der Waals surface area contributed by atoms with Crippen molar-refractivity contribution in [3.05, 3.63) is 24.3 Å². The van der Waals surface area contributed by atoms with Crippen LogP contribution >= 0.6 is 7.82 Å². The van der Waals surface area contributed by atoms with E-state index in [1.165, 1.54) is 51.4 Å². The lowest BCUT2D eigenvalue weighted by molar-refractivity contribution is -0.870. The Bertz CT molecular complexity index is 723. The number of phosphoric acid groups is 1. The Morgan fingerprint density at radius 1 is 0.850 bits per heavy atom. The standard InChI is InChI=1S/C31H61N2O6P/c1-6-8-10-12-14-15-16-17-19-21-23-25-31(35)32-29(30(34)24-22-20-18-13-11-9-7-2)28-39-40(36,37)38-27-26-33(3,4)5/h11,13,22,24,29-30,34H,6-10,12,14-21,23,25-28H2,1-5H3,(H-,32,35,36,37)/b13-11+,24-22+. The Morgan fingerprint density at radius 3 is 1.98 bits per heavy atom. The average molecular weight is 589 g/mol. The summed E-state index contributed by atoms with van der Waals surface area (Å²) in [6, 6.07) is -0.892. The lowest BCUT2D eigenvalue weighted by Crippen LogP contribution is -2.45. The molecule has 0 aromatic carbocycles. The van der Waals surface area contributed by atoms with E-state index in [1.54, 1.807) is 6.08 Å². The van der Waals surface area contributed by atoms with Gasteiger partial charge in [-0.25, -0.2) is 0 Å². The van der Waals surface area contributed by atoms with Crippen LogP contribution in [-0.2, 0) is 18.4 Å². The SMILES string of the molecule is CCC/C=C/CC/C=C/C(O)C(COP(=O)([O-])OCC[N+](C)(C)C)NC(=O)CCCCCCCCCCCCC. The maximum absolute atomic E-state index is 12.6. The minimum absolute atomic E-state index is 0.00579. The third-order valence-electron chi connectivity index (χ3n) is 6.65. The second-order valence-electron chi connectivity index (χ2n) is 11.8. The van der Waals surface area contributed by atoms with E-state index in [0.717, 1.165) is 44.9 Å². The van der Waals surface area contributed by atoms with Gasteiger partial charge in [0.25, 0.3) is 7.82 Å². The van der Waals surface area contributed by atoms with Crippen LogP contribution in [0.3, 0.4) is 0 Å². The minimum atomic E-state index is -4.57. The first kappa shape index (κ1) is 39.0. The van der Waals surface area contributed by atoms with E-state index < -0.39 is 26.6 Å². The highest BCUT2D eigenvalue weighted by Crippen LogP contribution is 2.38. The van der Waals surface area contributed by atoms with Crippen LogP contribution in [0.25, 0.3) is 0 Å². The van der Waals surface area contributed by atoms with Crippen molar-refractivity contribution >= 4 is 13.7 Å². The molecule has 236 valence electrons. The highest BCUT2D eigenvalue weighted by atomic mass is 31.2. The molecule has 2 N–H and O–H groups in total. The number of nitrogens with zero attached hydrogens (tertiary/aromatic N) is 1. The summed E-state index contributed by atoms with van der Waals surface area (Å²) in [7, 11) is 1.24. The molecule has 0 saturated carbocycles. The number of carbonyl (C=O) groups is 1. The zero-order valence-corrected chi connectivity index (χ0v) is 27.2. The van der Waals surface area contributed by atoms with Gasteiger partial charge in [0.1, 0.15) is 13.2 Å². The maximum Gasteiger partial charge on any atom is 0.268 e. The fourth-order valence-corrected chi connectivity index (χ4v) is 4.78. The first-order valence-corrected chi connectivity index (χ1v) is 17.2. The number of phosphoric ester groups is 1. The summed E-state index contributed by atoms with van der Waals surface area (Å²) >= 11 is 0. The number of hydrogen-bond acceptors (Lipinski definition) is 6. The topological polar surface area (TPSA) is 108 Å². The third-order valence-corrected chi connectivity index (χ3v) is 7.61. The highest BCUT2D eigenvalue weighted by Gasteiger charge is 2.23. The van der Waals surface area contributed by atoms with Crippen molar-refractivity contribution in [3.63, 3.8) is 0 Å². The van der Waals surface area contributed by atoms with Gasteiger partial charge in [0.15, 0.2) is 0 Å². The summed E-state index contributed by atoms with van der Waals surface area (Å²) in [6.45, 7) is 4.46. The third kappa shape index (κ3) is 25.9. The number of quaternary nitrogens is 1. The van der Waals surface area contributed by atoms with Crippen molar-refractivity contribution in [1.82, 2.24) is 5.32 Å². The normalized spacial score (nSPS) is 15.5. The summed E-state index contributed by atoms with van der Waals surface area (Å²) < 4.78 is 22.8. The van der Waals surface area contributed by atoms with Crippen molar-refractivity contribution in [2.75, 3.05) is 40.9 Å². The molecule has 0 spiro atoms. The zero-order chi connectivity index (χ0) is 30.1. The van der Waals surface area contributed by atoms with Gasteiger partial charge in [-0.05, 0) is 25.7 Å². The molecule has 0 aromatic heterocycles.